The Labute approximate surface area is 143 Å². The Kier molecular flexibility index (Phi) is 5.94. The van der Waals surface area contributed by atoms with Crippen LogP contribution in [0, 0.1) is 0 Å². The lowest BCUT2D eigenvalue weighted by Gasteiger charge is -2.15. The third-order valence-corrected chi connectivity index (χ3v) is 3.89. The van der Waals surface area contributed by atoms with Crippen molar-refractivity contribution in [2.24, 2.45) is 5.73 Å². The zero-order chi connectivity index (χ0) is 15.4. The quantitative estimate of drug-likeness (QED) is 0.761. The molecular weight excluding hydrogens is 373 g/mol. The van der Waals surface area contributed by atoms with E-state index in [4.69, 9.17) is 33.7 Å². The minimum Gasteiger partial charge on any atom is -0.487 e. The predicted molar refractivity (Wildman–Crippen MR) is 92.3 cm³/mol. The number of hydrogen-bond donors (Lipinski definition) is 1. The van der Waals surface area contributed by atoms with E-state index in [1.165, 1.54) is 0 Å². The summed E-state index contributed by atoms with van der Waals surface area (Å²) in [4.78, 5) is 0. The zero-order valence-electron chi connectivity index (χ0n) is 11.6. The highest BCUT2D eigenvalue weighted by atomic mass is 79.9. The van der Waals surface area contributed by atoms with Crippen LogP contribution in [0.5, 0.6) is 5.75 Å². The smallest absolute Gasteiger partial charge is 0.141 e. The van der Waals surface area contributed by atoms with E-state index in [0.717, 1.165) is 15.6 Å². The summed E-state index contributed by atoms with van der Waals surface area (Å²) in [7, 11) is 0. The highest BCUT2D eigenvalue weighted by Gasteiger charge is 2.12. The zero-order valence-corrected chi connectivity index (χ0v) is 14.7. The minimum atomic E-state index is 0.00718. The molecule has 0 radical (unpaired) electrons. The number of halogens is 3. The van der Waals surface area contributed by atoms with E-state index in [1.54, 1.807) is 6.07 Å². The summed E-state index contributed by atoms with van der Waals surface area (Å²) < 4.78 is 6.91. The molecule has 2 nitrogen and oxygen atoms in total. The van der Waals surface area contributed by atoms with Crippen molar-refractivity contribution in [2.45, 2.75) is 26.0 Å². The van der Waals surface area contributed by atoms with Crippen molar-refractivity contribution in [3.63, 3.8) is 0 Å². The lowest BCUT2D eigenvalue weighted by atomic mass is 10.1. The molecule has 0 heterocycles. The Hall–Kier alpha value is -0.740. The molecule has 0 spiro atoms. The fourth-order valence-electron chi connectivity index (χ4n) is 2.06. The maximum absolute atomic E-state index is 6.26. The summed E-state index contributed by atoms with van der Waals surface area (Å²) in [6.45, 7) is 2.37. The molecule has 2 aromatic rings. The van der Waals surface area contributed by atoms with Crippen molar-refractivity contribution in [1.29, 1.82) is 0 Å². The lowest BCUT2D eigenvalue weighted by molar-refractivity contribution is 0.302. The molecule has 1 atom stereocenters. The largest absolute Gasteiger partial charge is 0.487 e. The molecule has 2 rings (SSSR count). The summed E-state index contributed by atoms with van der Waals surface area (Å²) in [5.74, 6) is 0.651. The Morgan fingerprint density at radius 3 is 2.67 bits per heavy atom. The van der Waals surface area contributed by atoms with Crippen molar-refractivity contribution >= 4 is 39.1 Å². The second-order valence-electron chi connectivity index (χ2n) is 4.98. The summed E-state index contributed by atoms with van der Waals surface area (Å²) in [5, 5.41) is 1.10. The average molecular weight is 389 g/mol. The topological polar surface area (TPSA) is 35.2 Å². The predicted octanol–water partition coefficient (Wildman–Crippen LogP) is 5.22. The Balaban J connectivity index is 2.22. The van der Waals surface area contributed by atoms with Crippen molar-refractivity contribution < 1.29 is 4.74 Å². The molecule has 0 aromatic heterocycles. The van der Waals surface area contributed by atoms with Crippen LogP contribution in [-0.4, -0.2) is 6.04 Å². The van der Waals surface area contributed by atoms with Crippen LogP contribution in [0.3, 0.4) is 0 Å². The summed E-state index contributed by atoms with van der Waals surface area (Å²) in [5.41, 5.74) is 7.86. The molecule has 0 aliphatic heterocycles. The van der Waals surface area contributed by atoms with Gasteiger partial charge in [-0.3, -0.25) is 0 Å². The Morgan fingerprint density at radius 2 is 2.00 bits per heavy atom. The van der Waals surface area contributed by atoms with Gasteiger partial charge in [-0.1, -0.05) is 51.3 Å². The van der Waals surface area contributed by atoms with Crippen LogP contribution in [0.25, 0.3) is 0 Å². The van der Waals surface area contributed by atoms with E-state index in [2.05, 4.69) is 15.9 Å². The fourth-order valence-corrected chi connectivity index (χ4v) is 3.09. The number of ether oxygens (including phenoxy) is 1. The van der Waals surface area contributed by atoms with Gasteiger partial charge in [-0.15, -0.1) is 0 Å². The maximum atomic E-state index is 6.26. The van der Waals surface area contributed by atoms with Crippen LogP contribution in [0.1, 0.15) is 18.1 Å². The molecule has 112 valence electrons. The van der Waals surface area contributed by atoms with Gasteiger partial charge < -0.3 is 10.5 Å². The highest BCUT2D eigenvalue weighted by molar-refractivity contribution is 9.10. The standard InChI is InChI=1S/C16H16BrCl2NO/c1-10(20)5-12-7-14(18)8-15(19)16(12)21-9-11-3-2-4-13(17)6-11/h2-4,6-8,10H,5,9,20H2,1H3. The van der Waals surface area contributed by atoms with Crippen LogP contribution in [0.15, 0.2) is 40.9 Å². The number of nitrogens with two attached hydrogens (primary N) is 1. The average Bonchev–Trinajstić information content (AvgIpc) is 2.36. The summed E-state index contributed by atoms with van der Waals surface area (Å²) >= 11 is 15.8. The van der Waals surface area contributed by atoms with Gasteiger partial charge in [0, 0.05) is 15.5 Å². The van der Waals surface area contributed by atoms with Gasteiger partial charge in [0.1, 0.15) is 12.4 Å². The monoisotopic (exact) mass is 387 g/mol. The molecule has 0 saturated heterocycles. The highest BCUT2D eigenvalue weighted by Crippen LogP contribution is 2.33. The molecule has 5 heteroatoms. The normalized spacial score (nSPS) is 12.2. The Bertz CT molecular complexity index is 632. The van der Waals surface area contributed by atoms with E-state index in [-0.39, 0.29) is 6.04 Å². The maximum Gasteiger partial charge on any atom is 0.141 e. The van der Waals surface area contributed by atoms with E-state index >= 15 is 0 Å². The van der Waals surface area contributed by atoms with Gasteiger partial charge in [0.2, 0.25) is 0 Å². The molecule has 2 aromatic carbocycles. The summed E-state index contributed by atoms with van der Waals surface area (Å²) in [6, 6.07) is 11.5. The van der Waals surface area contributed by atoms with Gasteiger partial charge >= 0.3 is 0 Å². The molecule has 0 fully saturated rings. The first kappa shape index (κ1) is 16.6. The lowest BCUT2D eigenvalue weighted by Crippen LogP contribution is -2.18. The number of rotatable bonds is 5. The molecule has 0 amide bonds. The van der Waals surface area contributed by atoms with Gasteiger partial charge in [-0.2, -0.15) is 0 Å². The van der Waals surface area contributed by atoms with E-state index in [9.17, 15) is 0 Å². The van der Waals surface area contributed by atoms with Gasteiger partial charge in [0.05, 0.1) is 5.02 Å². The van der Waals surface area contributed by atoms with Crippen LogP contribution in [0.2, 0.25) is 10.0 Å². The van der Waals surface area contributed by atoms with Crippen molar-refractivity contribution in [2.75, 3.05) is 0 Å². The third-order valence-electron chi connectivity index (χ3n) is 2.90. The van der Waals surface area contributed by atoms with Gasteiger partial charge in [-0.25, -0.2) is 0 Å². The van der Waals surface area contributed by atoms with Crippen LogP contribution in [0.4, 0.5) is 0 Å². The first-order chi connectivity index (χ1) is 9.95. The van der Waals surface area contributed by atoms with Crippen LogP contribution in [-0.2, 0) is 13.0 Å². The third kappa shape index (κ3) is 4.89. The Morgan fingerprint density at radius 1 is 1.24 bits per heavy atom. The van der Waals surface area contributed by atoms with Gasteiger partial charge in [0.25, 0.3) is 0 Å². The van der Waals surface area contributed by atoms with Crippen molar-refractivity contribution in [1.82, 2.24) is 0 Å². The second-order valence-corrected chi connectivity index (χ2v) is 6.74. The van der Waals surface area contributed by atoms with E-state index in [0.29, 0.717) is 28.8 Å². The molecule has 0 aliphatic carbocycles. The molecule has 0 bridgehead atoms. The van der Waals surface area contributed by atoms with Crippen molar-refractivity contribution in [3.05, 3.63) is 62.0 Å². The molecular formula is C16H16BrCl2NO. The van der Waals surface area contributed by atoms with E-state index < -0.39 is 0 Å². The first-order valence-corrected chi connectivity index (χ1v) is 8.11. The minimum absolute atomic E-state index is 0.00718. The van der Waals surface area contributed by atoms with Crippen molar-refractivity contribution in [3.8, 4) is 5.75 Å². The molecule has 21 heavy (non-hydrogen) atoms. The van der Waals surface area contributed by atoms with Gasteiger partial charge in [0.15, 0.2) is 0 Å². The second kappa shape index (κ2) is 7.50. The van der Waals surface area contributed by atoms with E-state index in [1.807, 2.05) is 37.3 Å². The number of benzene rings is 2. The number of hydrogen-bond acceptors (Lipinski definition) is 2. The van der Waals surface area contributed by atoms with Crippen LogP contribution < -0.4 is 10.5 Å². The summed E-state index contributed by atoms with van der Waals surface area (Å²) in [6.07, 6.45) is 0.661. The molecule has 1 unspecified atom stereocenters. The SMILES string of the molecule is CC(N)Cc1cc(Cl)cc(Cl)c1OCc1cccc(Br)c1. The van der Waals surface area contributed by atoms with Crippen LogP contribution >= 0.6 is 39.1 Å². The molecule has 2 N–H and O–H groups in total. The molecule has 0 saturated carbocycles. The molecule has 0 aliphatic rings. The fraction of sp³-hybridized carbons (Fsp3) is 0.250. The van der Waals surface area contributed by atoms with Gasteiger partial charge in [-0.05, 0) is 48.7 Å². The first-order valence-electron chi connectivity index (χ1n) is 6.56.